The quantitative estimate of drug-likeness (QED) is 0.353. The Balaban J connectivity index is 0.000000500. The van der Waals surface area contributed by atoms with Crippen LogP contribution in [0.25, 0.3) is 0 Å². The minimum absolute atomic E-state index is 0. The molecule has 1 fully saturated rings. The molecule has 0 saturated carbocycles. The van der Waals surface area contributed by atoms with E-state index in [0.717, 1.165) is 11.9 Å². The van der Waals surface area contributed by atoms with Crippen molar-refractivity contribution in [1.29, 1.82) is 0 Å². The van der Waals surface area contributed by atoms with E-state index in [0.29, 0.717) is 6.79 Å². The Morgan fingerprint density at radius 1 is 1.36 bits per heavy atom. The van der Waals surface area contributed by atoms with Crippen molar-refractivity contribution in [2.75, 3.05) is 6.79 Å². The molecule has 2 rings (SSSR count). The molecule has 0 amide bonds. The standard InChI is InChI=1S/C7H5O2.ClH.Zn/c1-2-4-7-6(3-1)8-5-9-7;;/h1,3-4H,5H2;1H;/p-1. The number of ether oxygens (including phenoxy) is 2. The van der Waals surface area contributed by atoms with Gasteiger partial charge in [0.15, 0.2) is 12.9 Å². The molecule has 1 saturated heterocycles. The van der Waals surface area contributed by atoms with Gasteiger partial charge in [-0.3, -0.25) is 0 Å². The molecular formula is C7H5ClO2Zn-. The minimum atomic E-state index is 0. The Hall–Kier alpha value is -0.0666. The Labute approximate surface area is 84.1 Å². The van der Waals surface area contributed by atoms with Crippen molar-refractivity contribution in [3.63, 3.8) is 0 Å². The number of rotatable bonds is 0. The number of allylic oxidation sites excluding steroid dienone is 1. The van der Waals surface area contributed by atoms with Crippen molar-refractivity contribution < 1.29 is 41.4 Å². The molecule has 4 heteroatoms. The molecule has 0 N–H and O–H groups in total. The van der Waals surface area contributed by atoms with E-state index < -0.39 is 0 Å². The summed E-state index contributed by atoms with van der Waals surface area (Å²) in [5.74, 6) is 0.814. The molecule has 1 heterocycles. The van der Waals surface area contributed by atoms with Crippen LogP contribution in [0.1, 0.15) is 0 Å². The molecule has 55 valence electrons. The molecule has 0 aromatic heterocycles. The Morgan fingerprint density at radius 3 is 2.91 bits per heavy atom. The minimum Gasteiger partial charge on any atom is -1.00 e. The smallest absolute Gasteiger partial charge is 0.195 e. The van der Waals surface area contributed by atoms with Crippen LogP contribution in [0.3, 0.4) is 0 Å². The zero-order valence-corrected chi connectivity index (χ0v) is 9.56. The van der Waals surface area contributed by atoms with Crippen LogP contribution in [-0.2, 0) is 29.0 Å². The average Bonchev–Trinajstić information content (AvgIpc) is 2.33. The fraction of sp³-hybridized carbons (Fsp3) is 0.143. The zero-order chi connectivity index (χ0) is 6.10. The maximum atomic E-state index is 5.06. The Bertz CT molecular complexity index is 218. The molecule has 0 unspecified atom stereocenters. The molecule has 0 spiro atoms. The van der Waals surface area contributed by atoms with E-state index in [1.54, 1.807) is 12.2 Å². The van der Waals surface area contributed by atoms with Gasteiger partial charge < -0.3 is 21.9 Å². The van der Waals surface area contributed by atoms with Gasteiger partial charge in [0.1, 0.15) is 5.76 Å². The fourth-order valence-corrected chi connectivity index (χ4v) is 0.789. The average molecular weight is 222 g/mol. The maximum absolute atomic E-state index is 5.06. The first-order chi connectivity index (χ1) is 4.47. The summed E-state index contributed by atoms with van der Waals surface area (Å²) in [6.07, 6.45) is 6.19. The van der Waals surface area contributed by atoms with Gasteiger partial charge in [-0.1, -0.05) is 0 Å². The van der Waals surface area contributed by atoms with Crippen LogP contribution in [-0.4, -0.2) is 6.79 Å². The Morgan fingerprint density at radius 2 is 2.18 bits per heavy atom. The molecule has 1 aliphatic heterocycles. The second kappa shape index (κ2) is 4.74. The largest absolute Gasteiger partial charge is 1.00 e. The van der Waals surface area contributed by atoms with E-state index in [-0.39, 0.29) is 31.9 Å². The number of hydrogen-bond acceptors (Lipinski definition) is 2. The van der Waals surface area contributed by atoms with Gasteiger partial charge in [0.05, 0.1) is 0 Å². The van der Waals surface area contributed by atoms with Crippen molar-refractivity contribution in [1.82, 2.24) is 0 Å². The summed E-state index contributed by atoms with van der Waals surface area (Å²) in [5, 5.41) is 0. The van der Waals surface area contributed by atoms with Crippen molar-refractivity contribution in [3.8, 4) is 0 Å². The van der Waals surface area contributed by atoms with Crippen molar-refractivity contribution >= 4 is 0 Å². The van der Waals surface area contributed by atoms with E-state index >= 15 is 0 Å². The van der Waals surface area contributed by atoms with E-state index in [1.807, 2.05) is 6.08 Å². The summed E-state index contributed by atoms with van der Waals surface area (Å²) in [4.78, 5) is 0. The van der Waals surface area contributed by atoms with Gasteiger partial charge in [-0.15, -0.1) is 5.73 Å². The van der Waals surface area contributed by atoms with Crippen molar-refractivity contribution in [2.24, 2.45) is 0 Å². The van der Waals surface area contributed by atoms with Crippen LogP contribution >= 0.6 is 0 Å². The molecule has 1 aliphatic carbocycles. The SMILES string of the molecule is C1=CC=C2OCO[C]2C=1.[Cl-].[Zn]. The summed E-state index contributed by atoms with van der Waals surface area (Å²) in [5.41, 5.74) is 2.89. The van der Waals surface area contributed by atoms with E-state index in [9.17, 15) is 0 Å². The van der Waals surface area contributed by atoms with Gasteiger partial charge in [-0.25, -0.2) is 0 Å². The van der Waals surface area contributed by atoms with Crippen LogP contribution in [0.4, 0.5) is 0 Å². The van der Waals surface area contributed by atoms with Crippen molar-refractivity contribution in [2.45, 2.75) is 0 Å². The molecule has 0 aromatic rings. The third-order valence-electron chi connectivity index (χ3n) is 1.22. The summed E-state index contributed by atoms with van der Waals surface area (Å²) in [7, 11) is 0. The first kappa shape index (κ1) is 10.9. The summed E-state index contributed by atoms with van der Waals surface area (Å²) < 4.78 is 10.1. The van der Waals surface area contributed by atoms with Crippen LogP contribution < -0.4 is 12.4 Å². The second-order valence-corrected chi connectivity index (χ2v) is 1.78. The van der Waals surface area contributed by atoms with Gasteiger partial charge >= 0.3 is 0 Å². The maximum Gasteiger partial charge on any atom is 0.195 e. The second-order valence-electron chi connectivity index (χ2n) is 1.78. The molecule has 11 heavy (non-hydrogen) atoms. The van der Waals surface area contributed by atoms with Gasteiger partial charge in [0, 0.05) is 25.6 Å². The van der Waals surface area contributed by atoms with Gasteiger partial charge in [0.2, 0.25) is 0 Å². The van der Waals surface area contributed by atoms with Gasteiger partial charge in [-0.2, -0.15) is 0 Å². The van der Waals surface area contributed by atoms with E-state index in [1.165, 1.54) is 0 Å². The molecular weight excluding hydrogens is 217 g/mol. The van der Waals surface area contributed by atoms with Gasteiger partial charge in [0.25, 0.3) is 0 Å². The van der Waals surface area contributed by atoms with Crippen LogP contribution in [0.2, 0.25) is 0 Å². The third-order valence-corrected chi connectivity index (χ3v) is 1.22. The first-order valence-corrected chi connectivity index (χ1v) is 2.72. The Kier molecular flexibility index (Phi) is 4.71. The monoisotopic (exact) mass is 220 g/mol. The third kappa shape index (κ3) is 2.18. The molecule has 1 radical (unpaired) electrons. The van der Waals surface area contributed by atoms with Crippen molar-refractivity contribution in [3.05, 3.63) is 35.8 Å². The number of halogens is 1. The molecule has 2 nitrogen and oxygen atoms in total. The predicted molar refractivity (Wildman–Crippen MR) is 31.0 cm³/mol. The van der Waals surface area contributed by atoms with E-state index in [4.69, 9.17) is 9.47 Å². The summed E-state index contributed by atoms with van der Waals surface area (Å²) in [6, 6.07) is 0. The molecule has 0 aromatic carbocycles. The zero-order valence-electron chi connectivity index (χ0n) is 5.84. The molecule has 2 aliphatic rings. The first-order valence-electron chi connectivity index (χ1n) is 2.72. The summed E-state index contributed by atoms with van der Waals surface area (Å²) >= 11 is 0. The van der Waals surface area contributed by atoms with Crippen LogP contribution in [0.15, 0.2) is 29.7 Å². The predicted octanol–water partition coefficient (Wildman–Crippen LogP) is -1.87. The molecule has 0 bridgehead atoms. The number of hydrogen-bond donors (Lipinski definition) is 0. The topological polar surface area (TPSA) is 18.5 Å². The van der Waals surface area contributed by atoms with E-state index in [2.05, 4.69) is 5.73 Å². The molecule has 0 atom stereocenters. The fourth-order valence-electron chi connectivity index (χ4n) is 0.789. The van der Waals surface area contributed by atoms with Crippen LogP contribution in [0.5, 0.6) is 0 Å². The van der Waals surface area contributed by atoms with Gasteiger partial charge in [-0.05, 0) is 12.2 Å². The van der Waals surface area contributed by atoms with Crippen LogP contribution in [0, 0.1) is 6.10 Å². The number of fused-ring (bicyclic) bond motifs is 1. The normalized spacial score (nSPS) is 19.1. The summed E-state index contributed by atoms with van der Waals surface area (Å²) in [6.45, 7) is 0.340.